The molecule has 0 atom stereocenters. The van der Waals surface area contributed by atoms with E-state index < -0.39 is 0 Å². The lowest BCUT2D eigenvalue weighted by atomic mass is 10.1. The van der Waals surface area contributed by atoms with Crippen LogP contribution in [-0.2, 0) is 6.42 Å². The number of hydrogen-bond donors (Lipinski definition) is 2. The molecule has 0 aliphatic carbocycles. The van der Waals surface area contributed by atoms with Crippen LogP contribution in [-0.4, -0.2) is 12.5 Å². The Hall–Kier alpha value is -2.32. The van der Waals surface area contributed by atoms with Crippen LogP contribution in [0.15, 0.2) is 40.9 Å². The highest BCUT2D eigenvalue weighted by Crippen LogP contribution is 2.25. The molecule has 1 aliphatic rings. The number of carbonyl (C=O) groups excluding carboxylic acids is 1. The number of anilines is 2. The SMILES string of the molecule is N#Cc1ccc(Br)cc1NC(=O)c1ccc2c(c1)NCC2. The average molecular weight is 342 g/mol. The highest BCUT2D eigenvalue weighted by atomic mass is 79.9. The number of nitriles is 1. The summed E-state index contributed by atoms with van der Waals surface area (Å²) in [7, 11) is 0. The molecule has 104 valence electrons. The van der Waals surface area contributed by atoms with Crippen LogP contribution in [0.3, 0.4) is 0 Å². The second-order valence-corrected chi connectivity index (χ2v) is 5.72. The molecule has 0 unspecified atom stereocenters. The number of fused-ring (bicyclic) bond motifs is 1. The topological polar surface area (TPSA) is 64.9 Å². The number of benzene rings is 2. The molecule has 0 spiro atoms. The highest BCUT2D eigenvalue weighted by Gasteiger charge is 2.14. The van der Waals surface area contributed by atoms with Gasteiger partial charge in [-0.25, -0.2) is 0 Å². The van der Waals surface area contributed by atoms with E-state index in [1.54, 1.807) is 18.2 Å². The summed E-state index contributed by atoms with van der Waals surface area (Å²) >= 11 is 3.34. The molecule has 5 heteroatoms. The minimum absolute atomic E-state index is 0.221. The van der Waals surface area contributed by atoms with Crippen molar-refractivity contribution < 1.29 is 4.79 Å². The molecule has 0 saturated heterocycles. The van der Waals surface area contributed by atoms with Crippen molar-refractivity contribution in [3.05, 3.63) is 57.6 Å². The maximum Gasteiger partial charge on any atom is 0.255 e. The van der Waals surface area contributed by atoms with E-state index in [4.69, 9.17) is 5.26 Å². The smallest absolute Gasteiger partial charge is 0.255 e. The van der Waals surface area contributed by atoms with Gasteiger partial charge in [-0.2, -0.15) is 5.26 Å². The molecule has 21 heavy (non-hydrogen) atoms. The van der Waals surface area contributed by atoms with Crippen molar-refractivity contribution in [1.82, 2.24) is 0 Å². The standard InChI is InChI=1S/C16H12BrN3O/c17-13-4-3-12(9-18)15(8-13)20-16(21)11-2-1-10-5-6-19-14(10)7-11/h1-4,7-8,19H,5-6H2,(H,20,21). The van der Waals surface area contributed by atoms with Gasteiger partial charge in [-0.3, -0.25) is 4.79 Å². The molecule has 1 heterocycles. The molecule has 1 aliphatic heterocycles. The van der Waals surface area contributed by atoms with Crippen molar-refractivity contribution in [2.45, 2.75) is 6.42 Å². The van der Waals surface area contributed by atoms with Gasteiger partial charge in [0.15, 0.2) is 0 Å². The third-order valence-electron chi connectivity index (χ3n) is 3.43. The fourth-order valence-corrected chi connectivity index (χ4v) is 2.71. The van der Waals surface area contributed by atoms with Crippen molar-refractivity contribution >= 4 is 33.2 Å². The summed E-state index contributed by atoms with van der Waals surface area (Å²) in [5, 5.41) is 15.1. The summed E-state index contributed by atoms with van der Waals surface area (Å²) in [4.78, 5) is 12.3. The van der Waals surface area contributed by atoms with Gasteiger partial charge in [-0.15, -0.1) is 0 Å². The second-order valence-electron chi connectivity index (χ2n) is 4.80. The molecular formula is C16H12BrN3O. The van der Waals surface area contributed by atoms with E-state index in [2.05, 4.69) is 32.6 Å². The Morgan fingerprint density at radius 2 is 2.14 bits per heavy atom. The quantitative estimate of drug-likeness (QED) is 0.877. The minimum Gasteiger partial charge on any atom is -0.384 e. The van der Waals surface area contributed by atoms with E-state index in [9.17, 15) is 4.79 Å². The zero-order chi connectivity index (χ0) is 14.8. The number of nitrogens with one attached hydrogen (secondary N) is 2. The van der Waals surface area contributed by atoms with Gasteiger partial charge in [0.25, 0.3) is 5.91 Å². The van der Waals surface area contributed by atoms with E-state index in [-0.39, 0.29) is 5.91 Å². The minimum atomic E-state index is -0.221. The molecule has 4 nitrogen and oxygen atoms in total. The van der Waals surface area contributed by atoms with Gasteiger partial charge in [-0.05, 0) is 42.3 Å². The van der Waals surface area contributed by atoms with Crippen molar-refractivity contribution in [1.29, 1.82) is 5.26 Å². The van der Waals surface area contributed by atoms with Crippen molar-refractivity contribution in [3.8, 4) is 6.07 Å². The van der Waals surface area contributed by atoms with Crippen LogP contribution in [0.4, 0.5) is 11.4 Å². The first-order chi connectivity index (χ1) is 10.2. The first-order valence-electron chi connectivity index (χ1n) is 6.55. The Balaban J connectivity index is 1.87. The monoisotopic (exact) mass is 341 g/mol. The van der Waals surface area contributed by atoms with Gasteiger partial charge >= 0.3 is 0 Å². The van der Waals surface area contributed by atoms with Gasteiger partial charge in [0.05, 0.1) is 11.3 Å². The molecule has 2 aromatic rings. The first kappa shape index (κ1) is 13.7. The summed E-state index contributed by atoms with van der Waals surface area (Å²) in [5.74, 6) is -0.221. The molecule has 3 rings (SSSR count). The third kappa shape index (κ3) is 2.76. The predicted octanol–water partition coefficient (Wildman–Crippen LogP) is 3.54. The van der Waals surface area contributed by atoms with E-state index in [0.29, 0.717) is 16.8 Å². The van der Waals surface area contributed by atoms with E-state index in [1.165, 1.54) is 5.56 Å². The summed E-state index contributed by atoms with van der Waals surface area (Å²) < 4.78 is 0.812. The Labute approximate surface area is 130 Å². The summed E-state index contributed by atoms with van der Waals surface area (Å²) in [6.45, 7) is 0.907. The van der Waals surface area contributed by atoms with Crippen LogP contribution in [0, 0.1) is 11.3 Å². The molecular weight excluding hydrogens is 330 g/mol. The Bertz CT molecular complexity index is 765. The molecule has 0 saturated carbocycles. The number of amides is 1. The maximum absolute atomic E-state index is 12.3. The van der Waals surface area contributed by atoms with Crippen molar-refractivity contribution in [3.63, 3.8) is 0 Å². The molecule has 0 aromatic heterocycles. The zero-order valence-electron chi connectivity index (χ0n) is 11.1. The maximum atomic E-state index is 12.3. The summed E-state index contributed by atoms with van der Waals surface area (Å²) in [5.41, 5.74) is 3.76. The third-order valence-corrected chi connectivity index (χ3v) is 3.93. The normalized spacial score (nSPS) is 12.2. The number of nitrogens with zero attached hydrogens (tertiary/aromatic N) is 1. The molecule has 0 radical (unpaired) electrons. The number of hydrogen-bond acceptors (Lipinski definition) is 3. The second kappa shape index (κ2) is 5.58. The number of rotatable bonds is 2. The van der Waals surface area contributed by atoms with Crippen LogP contribution < -0.4 is 10.6 Å². The molecule has 0 bridgehead atoms. The molecule has 0 fully saturated rings. The fraction of sp³-hybridized carbons (Fsp3) is 0.125. The fourth-order valence-electron chi connectivity index (χ4n) is 2.34. The first-order valence-corrected chi connectivity index (χ1v) is 7.34. The molecule has 2 aromatic carbocycles. The predicted molar refractivity (Wildman–Crippen MR) is 85.4 cm³/mol. The van der Waals surface area contributed by atoms with Gasteiger partial charge < -0.3 is 10.6 Å². The average Bonchev–Trinajstić information content (AvgIpc) is 2.94. The Kier molecular flexibility index (Phi) is 3.63. The van der Waals surface area contributed by atoms with E-state index in [0.717, 1.165) is 23.1 Å². The highest BCUT2D eigenvalue weighted by molar-refractivity contribution is 9.10. The van der Waals surface area contributed by atoms with Crippen LogP contribution in [0.5, 0.6) is 0 Å². The summed E-state index contributed by atoms with van der Waals surface area (Å²) in [6, 6.07) is 12.9. The van der Waals surface area contributed by atoms with Gasteiger partial charge in [0.1, 0.15) is 6.07 Å². The molecule has 2 N–H and O–H groups in total. The van der Waals surface area contributed by atoms with Crippen molar-refractivity contribution in [2.75, 3.05) is 17.2 Å². The van der Waals surface area contributed by atoms with Gasteiger partial charge in [0.2, 0.25) is 0 Å². The van der Waals surface area contributed by atoms with Crippen LogP contribution in [0.2, 0.25) is 0 Å². The Morgan fingerprint density at radius 1 is 1.29 bits per heavy atom. The summed E-state index contributed by atoms with van der Waals surface area (Å²) in [6.07, 6.45) is 0.988. The van der Waals surface area contributed by atoms with E-state index >= 15 is 0 Å². The van der Waals surface area contributed by atoms with Crippen LogP contribution >= 0.6 is 15.9 Å². The Morgan fingerprint density at radius 3 is 2.95 bits per heavy atom. The van der Waals surface area contributed by atoms with Crippen LogP contribution in [0.25, 0.3) is 0 Å². The lowest BCUT2D eigenvalue weighted by Crippen LogP contribution is -2.13. The largest absolute Gasteiger partial charge is 0.384 e. The zero-order valence-corrected chi connectivity index (χ0v) is 12.7. The lowest BCUT2D eigenvalue weighted by Gasteiger charge is -2.09. The number of carbonyl (C=O) groups is 1. The van der Waals surface area contributed by atoms with Crippen LogP contribution in [0.1, 0.15) is 21.5 Å². The molecule has 1 amide bonds. The van der Waals surface area contributed by atoms with Gasteiger partial charge in [0, 0.05) is 22.3 Å². The van der Waals surface area contributed by atoms with Gasteiger partial charge in [-0.1, -0.05) is 22.0 Å². The number of halogens is 1. The van der Waals surface area contributed by atoms with Crippen molar-refractivity contribution in [2.24, 2.45) is 0 Å². The van der Waals surface area contributed by atoms with E-state index in [1.807, 2.05) is 18.2 Å². The lowest BCUT2D eigenvalue weighted by molar-refractivity contribution is 0.102.